The number of aromatic nitrogens is 1. The lowest BCUT2D eigenvalue weighted by atomic mass is 10.0. The van der Waals surface area contributed by atoms with Gasteiger partial charge in [0.1, 0.15) is 11.6 Å². The van der Waals surface area contributed by atoms with Crippen molar-refractivity contribution >= 4 is 5.82 Å². The maximum atomic E-state index is 13.5. The van der Waals surface area contributed by atoms with Crippen LogP contribution in [0.15, 0.2) is 30.5 Å². The zero-order valence-electron chi connectivity index (χ0n) is 9.92. The van der Waals surface area contributed by atoms with Gasteiger partial charge in [-0.2, -0.15) is 13.2 Å². The third-order valence-corrected chi connectivity index (χ3v) is 2.64. The van der Waals surface area contributed by atoms with Crippen molar-refractivity contribution in [3.8, 4) is 11.1 Å². The summed E-state index contributed by atoms with van der Waals surface area (Å²) in [6.45, 7) is 1.76. The van der Waals surface area contributed by atoms with Crippen molar-refractivity contribution in [2.24, 2.45) is 0 Å². The van der Waals surface area contributed by atoms with Crippen molar-refractivity contribution in [2.45, 2.75) is 13.1 Å². The summed E-state index contributed by atoms with van der Waals surface area (Å²) in [7, 11) is 0. The van der Waals surface area contributed by atoms with Gasteiger partial charge in [0.2, 0.25) is 0 Å². The maximum Gasteiger partial charge on any atom is 0.419 e. The van der Waals surface area contributed by atoms with Crippen LogP contribution in [0.4, 0.5) is 23.4 Å². The first-order valence-electron chi connectivity index (χ1n) is 5.38. The summed E-state index contributed by atoms with van der Waals surface area (Å²) in [6, 6.07) is 4.34. The van der Waals surface area contributed by atoms with Gasteiger partial charge in [0, 0.05) is 11.8 Å². The smallest absolute Gasteiger partial charge is 0.383 e. The largest absolute Gasteiger partial charge is 0.419 e. The van der Waals surface area contributed by atoms with Crippen LogP contribution in [-0.2, 0) is 6.18 Å². The van der Waals surface area contributed by atoms with E-state index in [4.69, 9.17) is 5.73 Å². The second-order valence-corrected chi connectivity index (χ2v) is 4.14. The quantitative estimate of drug-likeness (QED) is 0.800. The number of nitrogen functional groups attached to an aromatic ring is 1. The molecule has 2 aromatic rings. The van der Waals surface area contributed by atoms with Gasteiger partial charge in [-0.25, -0.2) is 9.37 Å². The predicted octanol–water partition coefficient (Wildman–Crippen LogP) is 3.80. The number of nitrogens with two attached hydrogens (primary N) is 1. The molecule has 1 heterocycles. The molecule has 0 bridgehead atoms. The van der Waals surface area contributed by atoms with Gasteiger partial charge in [0.05, 0.1) is 5.56 Å². The van der Waals surface area contributed by atoms with Gasteiger partial charge < -0.3 is 5.73 Å². The SMILES string of the molecule is Cc1cnc(N)c(-c2ccc(C(F)(F)F)c(F)c2)c1. The van der Waals surface area contributed by atoms with E-state index in [9.17, 15) is 17.6 Å². The van der Waals surface area contributed by atoms with Gasteiger partial charge in [-0.1, -0.05) is 6.07 Å². The predicted molar refractivity (Wildman–Crippen MR) is 63.8 cm³/mol. The highest BCUT2D eigenvalue weighted by Crippen LogP contribution is 2.34. The molecule has 1 aromatic carbocycles. The first kappa shape index (κ1) is 13.3. The Labute approximate surface area is 106 Å². The Hall–Kier alpha value is -2.11. The van der Waals surface area contributed by atoms with E-state index in [2.05, 4.69) is 4.98 Å². The Balaban J connectivity index is 2.54. The highest BCUT2D eigenvalue weighted by Gasteiger charge is 2.34. The monoisotopic (exact) mass is 270 g/mol. The molecule has 0 spiro atoms. The first-order valence-corrected chi connectivity index (χ1v) is 5.38. The normalized spacial score (nSPS) is 11.6. The number of benzene rings is 1. The third kappa shape index (κ3) is 2.67. The van der Waals surface area contributed by atoms with Crippen LogP contribution in [0.3, 0.4) is 0 Å². The highest BCUT2D eigenvalue weighted by atomic mass is 19.4. The molecule has 0 aliphatic carbocycles. The molecule has 0 amide bonds. The van der Waals surface area contributed by atoms with Gasteiger partial charge >= 0.3 is 6.18 Å². The molecule has 0 unspecified atom stereocenters. The lowest BCUT2D eigenvalue weighted by molar-refractivity contribution is -0.139. The number of halogens is 4. The second kappa shape index (κ2) is 4.53. The van der Waals surface area contributed by atoms with Crippen molar-refractivity contribution < 1.29 is 17.6 Å². The van der Waals surface area contributed by atoms with Crippen LogP contribution in [0.5, 0.6) is 0 Å². The minimum absolute atomic E-state index is 0.143. The molecule has 1 aromatic heterocycles. The number of anilines is 1. The fraction of sp³-hybridized carbons (Fsp3) is 0.154. The number of rotatable bonds is 1. The van der Waals surface area contributed by atoms with Crippen molar-refractivity contribution in [2.75, 3.05) is 5.73 Å². The topological polar surface area (TPSA) is 38.9 Å². The van der Waals surface area contributed by atoms with Crippen LogP contribution in [0.2, 0.25) is 0 Å². The van der Waals surface area contributed by atoms with Gasteiger partial charge in [0.25, 0.3) is 0 Å². The van der Waals surface area contributed by atoms with E-state index in [1.807, 2.05) is 0 Å². The highest BCUT2D eigenvalue weighted by molar-refractivity contribution is 5.74. The molecule has 0 atom stereocenters. The molecular weight excluding hydrogens is 260 g/mol. The number of nitrogens with zero attached hydrogens (tertiary/aromatic N) is 1. The van der Waals surface area contributed by atoms with Gasteiger partial charge in [-0.15, -0.1) is 0 Å². The first-order chi connectivity index (χ1) is 8.79. The molecule has 2 N–H and O–H groups in total. The Kier molecular flexibility index (Phi) is 3.18. The Morgan fingerprint density at radius 1 is 1.16 bits per heavy atom. The summed E-state index contributed by atoms with van der Waals surface area (Å²) >= 11 is 0. The Morgan fingerprint density at radius 3 is 2.42 bits per heavy atom. The summed E-state index contributed by atoms with van der Waals surface area (Å²) in [5.41, 5.74) is 5.80. The van der Waals surface area contributed by atoms with Crippen LogP contribution in [0.1, 0.15) is 11.1 Å². The average molecular weight is 270 g/mol. The number of aryl methyl sites for hydroxylation is 1. The van der Waals surface area contributed by atoms with Gasteiger partial charge in [-0.3, -0.25) is 0 Å². The fourth-order valence-corrected chi connectivity index (χ4v) is 1.72. The van der Waals surface area contributed by atoms with E-state index in [-0.39, 0.29) is 11.4 Å². The van der Waals surface area contributed by atoms with E-state index in [1.165, 1.54) is 12.3 Å². The van der Waals surface area contributed by atoms with Gasteiger partial charge in [0.15, 0.2) is 0 Å². The Bertz CT molecular complexity index is 621. The second-order valence-electron chi connectivity index (χ2n) is 4.14. The minimum Gasteiger partial charge on any atom is -0.383 e. The van der Waals surface area contributed by atoms with Crippen LogP contribution in [0, 0.1) is 12.7 Å². The lowest BCUT2D eigenvalue weighted by Gasteiger charge is -2.10. The average Bonchev–Trinajstić information content (AvgIpc) is 2.30. The van der Waals surface area contributed by atoms with Crippen molar-refractivity contribution in [1.82, 2.24) is 4.98 Å². The molecule has 2 nitrogen and oxygen atoms in total. The minimum atomic E-state index is -4.71. The molecule has 19 heavy (non-hydrogen) atoms. The number of alkyl halides is 3. The van der Waals surface area contributed by atoms with Crippen LogP contribution in [-0.4, -0.2) is 4.98 Å². The number of hydrogen-bond donors (Lipinski definition) is 1. The summed E-state index contributed by atoms with van der Waals surface area (Å²) in [4.78, 5) is 3.89. The number of pyridine rings is 1. The molecule has 6 heteroatoms. The number of hydrogen-bond acceptors (Lipinski definition) is 2. The zero-order chi connectivity index (χ0) is 14.2. The van der Waals surface area contributed by atoms with E-state index in [0.717, 1.165) is 11.6 Å². The third-order valence-electron chi connectivity index (χ3n) is 2.64. The Morgan fingerprint density at radius 2 is 1.84 bits per heavy atom. The van der Waals surface area contributed by atoms with Gasteiger partial charge in [-0.05, 0) is 36.2 Å². The maximum absolute atomic E-state index is 13.5. The standard InChI is InChI=1S/C13H10F4N2/c1-7-4-9(12(18)19-6-7)8-2-3-10(11(14)5-8)13(15,16)17/h2-6H,1H3,(H2,18,19). The summed E-state index contributed by atoms with van der Waals surface area (Å²) < 4.78 is 50.8. The molecule has 0 saturated heterocycles. The van der Waals surface area contributed by atoms with Crippen LogP contribution in [0.25, 0.3) is 11.1 Å². The van der Waals surface area contributed by atoms with Crippen molar-refractivity contribution in [3.63, 3.8) is 0 Å². The summed E-state index contributed by atoms with van der Waals surface area (Å²) in [6.07, 6.45) is -3.18. The van der Waals surface area contributed by atoms with Crippen LogP contribution < -0.4 is 5.73 Å². The van der Waals surface area contributed by atoms with E-state index >= 15 is 0 Å². The van der Waals surface area contributed by atoms with E-state index in [0.29, 0.717) is 11.6 Å². The molecular formula is C13H10F4N2. The molecule has 0 aliphatic heterocycles. The van der Waals surface area contributed by atoms with Crippen LogP contribution >= 0.6 is 0 Å². The van der Waals surface area contributed by atoms with Crippen molar-refractivity contribution in [1.29, 1.82) is 0 Å². The molecule has 0 radical (unpaired) electrons. The van der Waals surface area contributed by atoms with E-state index in [1.54, 1.807) is 13.0 Å². The van der Waals surface area contributed by atoms with Crippen molar-refractivity contribution in [3.05, 3.63) is 47.4 Å². The summed E-state index contributed by atoms with van der Waals surface area (Å²) in [5, 5.41) is 0. The lowest BCUT2D eigenvalue weighted by Crippen LogP contribution is -2.08. The van der Waals surface area contributed by atoms with E-state index < -0.39 is 17.6 Å². The molecule has 0 fully saturated rings. The zero-order valence-corrected chi connectivity index (χ0v) is 9.92. The molecule has 0 saturated carbocycles. The summed E-state index contributed by atoms with van der Waals surface area (Å²) in [5.74, 6) is -1.18. The fourth-order valence-electron chi connectivity index (χ4n) is 1.72. The molecule has 2 rings (SSSR count). The molecule has 100 valence electrons. The molecule has 0 aliphatic rings.